The van der Waals surface area contributed by atoms with Crippen molar-refractivity contribution < 1.29 is 4.74 Å². The van der Waals surface area contributed by atoms with E-state index in [1.165, 1.54) is 0 Å². The molecule has 2 unspecified atom stereocenters. The number of benzene rings is 1. The Balaban J connectivity index is 2.49. The van der Waals surface area contributed by atoms with Gasteiger partial charge < -0.3 is 10.5 Å². The first-order valence-corrected chi connectivity index (χ1v) is 6.84. The minimum atomic E-state index is -0.348. The van der Waals surface area contributed by atoms with Crippen LogP contribution in [0.4, 0.5) is 0 Å². The van der Waals surface area contributed by atoms with E-state index in [9.17, 15) is 0 Å². The first-order chi connectivity index (χ1) is 9.12. The summed E-state index contributed by atoms with van der Waals surface area (Å²) < 4.78 is 5.90. The molecule has 2 aromatic rings. The second-order valence-corrected chi connectivity index (χ2v) is 5.02. The van der Waals surface area contributed by atoms with Crippen molar-refractivity contribution in [2.24, 2.45) is 5.73 Å². The Bertz CT molecular complexity index is 550. The molecule has 0 saturated carbocycles. The molecule has 1 heterocycles. The standard InChI is InChI=1S/C16H22N2O/c1-4-16(3,19-5-2)15(17)13-8-6-7-12-9-10-18-11-14(12)13/h6-11,15H,4-5,17H2,1-3H3. The van der Waals surface area contributed by atoms with E-state index in [0.717, 1.165) is 22.8 Å². The van der Waals surface area contributed by atoms with Crippen LogP contribution in [-0.2, 0) is 4.74 Å². The van der Waals surface area contributed by atoms with Gasteiger partial charge in [0.2, 0.25) is 0 Å². The fourth-order valence-electron chi connectivity index (χ4n) is 2.48. The fourth-order valence-corrected chi connectivity index (χ4v) is 2.48. The van der Waals surface area contributed by atoms with Crippen LogP contribution in [0.2, 0.25) is 0 Å². The first kappa shape index (κ1) is 14.0. The maximum absolute atomic E-state index is 6.48. The molecule has 0 spiro atoms. The van der Waals surface area contributed by atoms with Gasteiger partial charge in [-0.25, -0.2) is 0 Å². The smallest absolute Gasteiger partial charge is 0.0843 e. The van der Waals surface area contributed by atoms with Gasteiger partial charge in [-0.3, -0.25) is 4.98 Å². The van der Waals surface area contributed by atoms with E-state index in [1.807, 2.05) is 25.3 Å². The zero-order chi connectivity index (χ0) is 13.9. The number of pyridine rings is 1. The highest BCUT2D eigenvalue weighted by Gasteiger charge is 2.32. The summed E-state index contributed by atoms with van der Waals surface area (Å²) in [6.07, 6.45) is 4.56. The predicted octanol–water partition coefficient (Wildman–Crippen LogP) is 3.44. The molecule has 0 fully saturated rings. The van der Waals surface area contributed by atoms with Crippen molar-refractivity contribution in [2.45, 2.75) is 38.8 Å². The Labute approximate surface area is 114 Å². The highest BCUT2D eigenvalue weighted by molar-refractivity contribution is 5.85. The average molecular weight is 258 g/mol. The summed E-state index contributed by atoms with van der Waals surface area (Å²) in [5.41, 5.74) is 7.24. The Morgan fingerprint density at radius 2 is 2.11 bits per heavy atom. The van der Waals surface area contributed by atoms with E-state index in [0.29, 0.717) is 6.61 Å². The lowest BCUT2D eigenvalue weighted by Gasteiger charge is -2.35. The van der Waals surface area contributed by atoms with E-state index in [-0.39, 0.29) is 11.6 Å². The van der Waals surface area contributed by atoms with Gasteiger partial charge in [0.1, 0.15) is 0 Å². The number of hydrogen-bond acceptors (Lipinski definition) is 3. The molecule has 0 bridgehead atoms. The second-order valence-electron chi connectivity index (χ2n) is 5.02. The zero-order valence-electron chi connectivity index (χ0n) is 11.9. The summed E-state index contributed by atoms with van der Waals surface area (Å²) in [7, 11) is 0. The van der Waals surface area contributed by atoms with E-state index >= 15 is 0 Å². The topological polar surface area (TPSA) is 48.1 Å². The van der Waals surface area contributed by atoms with Crippen molar-refractivity contribution >= 4 is 10.8 Å². The third-order valence-corrected chi connectivity index (χ3v) is 3.89. The number of rotatable bonds is 5. The molecule has 2 N–H and O–H groups in total. The van der Waals surface area contributed by atoms with Crippen LogP contribution >= 0.6 is 0 Å². The molecule has 1 aromatic carbocycles. The van der Waals surface area contributed by atoms with Gasteiger partial charge in [0.15, 0.2) is 0 Å². The molecule has 3 nitrogen and oxygen atoms in total. The SMILES string of the molecule is CCOC(C)(CC)C(N)c1cccc2ccncc12. The number of nitrogens with two attached hydrogens (primary N) is 1. The van der Waals surface area contributed by atoms with E-state index in [4.69, 9.17) is 10.5 Å². The third kappa shape index (κ3) is 2.62. The van der Waals surface area contributed by atoms with Gasteiger partial charge in [-0.15, -0.1) is 0 Å². The van der Waals surface area contributed by atoms with Gasteiger partial charge in [0.05, 0.1) is 11.6 Å². The second kappa shape index (κ2) is 5.68. The zero-order valence-corrected chi connectivity index (χ0v) is 11.9. The van der Waals surface area contributed by atoms with E-state index in [1.54, 1.807) is 6.20 Å². The fraction of sp³-hybridized carbons (Fsp3) is 0.438. The molecule has 0 saturated heterocycles. The molecule has 2 rings (SSSR count). The molecule has 3 heteroatoms. The third-order valence-electron chi connectivity index (χ3n) is 3.89. The summed E-state index contributed by atoms with van der Waals surface area (Å²) in [5, 5.41) is 2.27. The lowest BCUT2D eigenvalue weighted by Crippen LogP contribution is -2.40. The minimum Gasteiger partial charge on any atom is -0.374 e. The quantitative estimate of drug-likeness (QED) is 0.893. The Morgan fingerprint density at radius 1 is 1.32 bits per heavy atom. The maximum atomic E-state index is 6.48. The molecule has 0 radical (unpaired) electrons. The van der Waals surface area contributed by atoms with Gasteiger partial charge in [0.25, 0.3) is 0 Å². The number of aromatic nitrogens is 1. The van der Waals surface area contributed by atoms with E-state index in [2.05, 4.69) is 31.0 Å². The summed E-state index contributed by atoms with van der Waals surface area (Å²) in [4.78, 5) is 4.21. The van der Waals surface area contributed by atoms with Gasteiger partial charge in [-0.1, -0.05) is 25.1 Å². The molecule has 1 aromatic heterocycles. The van der Waals surface area contributed by atoms with Crippen LogP contribution in [0.5, 0.6) is 0 Å². The molecule has 19 heavy (non-hydrogen) atoms. The monoisotopic (exact) mass is 258 g/mol. The Morgan fingerprint density at radius 3 is 2.79 bits per heavy atom. The van der Waals surface area contributed by atoms with Crippen molar-refractivity contribution in [3.8, 4) is 0 Å². The van der Waals surface area contributed by atoms with Crippen LogP contribution in [0.15, 0.2) is 36.7 Å². The van der Waals surface area contributed by atoms with Gasteiger partial charge >= 0.3 is 0 Å². The predicted molar refractivity (Wildman–Crippen MR) is 79.0 cm³/mol. The minimum absolute atomic E-state index is 0.162. The van der Waals surface area contributed by atoms with Crippen LogP contribution in [0.1, 0.15) is 38.8 Å². The molecule has 102 valence electrons. The molecular weight excluding hydrogens is 236 g/mol. The molecule has 0 amide bonds. The average Bonchev–Trinajstić information content (AvgIpc) is 2.46. The van der Waals surface area contributed by atoms with E-state index < -0.39 is 0 Å². The van der Waals surface area contributed by atoms with Gasteiger partial charge in [0, 0.05) is 24.4 Å². The van der Waals surface area contributed by atoms with Crippen molar-refractivity contribution in [1.82, 2.24) is 4.98 Å². The Kier molecular flexibility index (Phi) is 4.17. The highest BCUT2D eigenvalue weighted by Crippen LogP contribution is 2.33. The van der Waals surface area contributed by atoms with Gasteiger partial charge in [-0.2, -0.15) is 0 Å². The molecular formula is C16H22N2O. The molecule has 0 aliphatic heterocycles. The van der Waals surface area contributed by atoms with Crippen LogP contribution in [0.25, 0.3) is 10.8 Å². The van der Waals surface area contributed by atoms with Crippen LogP contribution in [0, 0.1) is 0 Å². The van der Waals surface area contributed by atoms with Crippen LogP contribution in [0.3, 0.4) is 0 Å². The van der Waals surface area contributed by atoms with Crippen molar-refractivity contribution in [3.63, 3.8) is 0 Å². The van der Waals surface area contributed by atoms with Crippen LogP contribution in [-0.4, -0.2) is 17.2 Å². The number of ether oxygens (including phenoxy) is 1. The lowest BCUT2D eigenvalue weighted by molar-refractivity contribution is -0.0469. The number of fused-ring (bicyclic) bond motifs is 1. The highest BCUT2D eigenvalue weighted by atomic mass is 16.5. The number of hydrogen-bond donors (Lipinski definition) is 1. The summed E-state index contributed by atoms with van der Waals surface area (Å²) >= 11 is 0. The molecule has 0 aliphatic rings. The van der Waals surface area contributed by atoms with Gasteiger partial charge in [-0.05, 0) is 37.3 Å². The Hall–Kier alpha value is -1.45. The van der Waals surface area contributed by atoms with Crippen molar-refractivity contribution in [3.05, 3.63) is 42.2 Å². The summed E-state index contributed by atoms with van der Waals surface area (Å²) in [6, 6.07) is 8.04. The molecule has 2 atom stereocenters. The maximum Gasteiger partial charge on any atom is 0.0843 e. The van der Waals surface area contributed by atoms with Crippen LogP contribution < -0.4 is 5.73 Å². The first-order valence-electron chi connectivity index (χ1n) is 6.84. The van der Waals surface area contributed by atoms with Crippen molar-refractivity contribution in [1.29, 1.82) is 0 Å². The normalized spacial score (nSPS) is 16.2. The molecule has 0 aliphatic carbocycles. The lowest BCUT2D eigenvalue weighted by atomic mass is 9.86. The number of nitrogens with zero attached hydrogens (tertiary/aromatic N) is 1. The largest absolute Gasteiger partial charge is 0.374 e. The summed E-state index contributed by atoms with van der Waals surface area (Å²) in [5.74, 6) is 0. The van der Waals surface area contributed by atoms with Crippen molar-refractivity contribution in [2.75, 3.05) is 6.61 Å². The summed E-state index contributed by atoms with van der Waals surface area (Å²) in [6.45, 7) is 6.86.